The summed E-state index contributed by atoms with van der Waals surface area (Å²) in [5, 5.41) is 0. The third kappa shape index (κ3) is 2.61. The van der Waals surface area contributed by atoms with E-state index in [2.05, 4.69) is 11.5 Å². The van der Waals surface area contributed by atoms with Crippen LogP contribution in [0.25, 0.3) is 0 Å². The fraction of sp³-hybridized carbons (Fsp3) is 1.00. The van der Waals surface area contributed by atoms with Crippen LogP contribution in [0.3, 0.4) is 0 Å². The highest BCUT2D eigenvalue weighted by molar-refractivity contribution is 7.68. The van der Waals surface area contributed by atoms with Gasteiger partial charge in [-0.05, 0) is 6.66 Å². The molecule has 0 rings (SSSR count). The summed E-state index contributed by atoms with van der Waals surface area (Å²) < 4.78 is 6.17. The van der Waals surface area contributed by atoms with E-state index in [1.807, 2.05) is 0 Å². The van der Waals surface area contributed by atoms with Crippen molar-refractivity contribution in [2.24, 2.45) is 0 Å². The van der Waals surface area contributed by atoms with Gasteiger partial charge in [0.05, 0.1) is 0 Å². The number of hydrogen-bond donors (Lipinski definition) is 1. The third-order valence-electron chi connectivity index (χ3n) is 0.144. The fourth-order valence-electron chi connectivity index (χ4n) is 0. The smallest absolute Gasteiger partial charge is 0.193 e. The van der Waals surface area contributed by atoms with Crippen LogP contribution in [-0.4, -0.2) is 22.3 Å². The predicted molar refractivity (Wildman–Crippen MR) is 25.0 cm³/mol. The van der Waals surface area contributed by atoms with Crippen LogP contribution < -0.4 is 0 Å². The zero-order chi connectivity index (χ0) is 4.12. The van der Waals surface area contributed by atoms with Gasteiger partial charge in [-0.1, -0.05) is 0 Å². The van der Waals surface area contributed by atoms with E-state index in [0.29, 0.717) is 0 Å². The first-order chi connectivity index (χ1) is 2.41. The van der Waals surface area contributed by atoms with Crippen molar-refractivity contribution >= 4 is 17.6 Å². The second-order valence-corrected chi connectivity index (χ2v) is 4.48. The Morgan fingerprint density at radius 1 is 2.50 bits per heavy atom. The summed E-state index contributed by atoms with van der Waals surface area (Å²) in [5.74, 6) is 0. The molecule has 0 radical (unpaired) electrons. The molecule has 0 aromatic heterocycles. The van der Waals surface area contributed by atoms with Crippen LogP contribution >= 0.6 is 8.13 Å². The van der Waals surface area contributed by atoms with Crippen molar-refractivity contribution in [2.45, 2.75) is 0 Å². The van der Waals surface area contributed by atoms with Crippen LogP contribution in [0.1, 0.15) is 0 Å². The Labute approximate surface area is 31.5 Å². The van der Waals surface area contributed by atoms with Crippen molar-refractivity contribution in [1.29, 1.82) is 1.43 Å². The van der Waals surface area contributed by atoms with Crippen LogP contribution in [0.5, 0.6) is 0 Å². The Kier molecular flexibility index (Phi) is 2.55. The van der Waals surface area contributed by atoms with Gasteiger partial charge >= 0.3 is 0 Å². The minimum absolute atomic E-state index is 0.373. The molecule has 0 aromatic carbocycles. The zero-order valence-electron chi connectivity index (χ0n) is 3.62. The van der Waals surface area contributed by atoms with E-state index in [4.69, 9.17) is 1.43 Å². The summed E-state index contributed by atoms with van der Waals surface area (Å²) in [4.78, 5) is 4.09. The molecule has 0 fully saturated rings. The molecule has 0 aliphatic carbocycles. The lowest BCUT2D eigenvalue weighted by atomic mass is 12.0. The molecule has 0 bridgehead atoms. The molecule has 0 saturated carbocycles. The van der Waals surface area contributed by atoms with Crippen molar-refractivity contribution in [3.63, 3.8) is 0 Å². The molecule has 0 heterocycles. The van der Waals surface area contributed by atoms with Gasteiger partial charge in [-0.15, -0.1) is 8.13 Å². The van der Waals surface area contributed by atoms with Crippen molar-refractivity contribution in [2.75, 3.05) is 6.66 Å². The molecule has 0 aliphatic rings. The fourth-order valence-corrected chi connectivity index (χ4v) is 0. The second kappa shape index (κ2) is 3.61. The molecule has 0 aromatic rings. The van der Waals surface area contributed by atoms with E-state index in [1.165, 1.54) is 0 Å². The zero-order valence-corrected chi connectivity index (χ0v) is 5.03. The summed E-state index contributed by atoms with van der Waals surface area (Å²) in [6.45, 7) is 2.06. The van der Waals surface area contributed by atoms with E-state index >= 15 is 0 Å². The standard InChI is InChI=1S/CH7OPSi/c1-3-4-2/h2-3H,4H2,1H3/i2D. The van der Waals surface area contributed by atoms with E-state index in [-0.39, 0.29) is 9.43 Å². The normalized spacial score (nSPS) is 16.8. The predicted octanol–water partition coefficient (Wildman–Crippen LogP) is -0.714. The third-order valence-corrected chi connectivity index (χ3v) is 1.30. The van der Waals surface area contributed by atoms with Gasteiger partial charge < -0.3 is 4.80 Å². The molecule has 0 amide bonds. The lowest BCUT2D eigenvalue weighted by Crippen LogP contribution is -1.66. The van der Waals surface area contributed by atoms with Crippen molar-refractivity contribution in [1.82, 2.24) is 0 Å². The molecule has 1 N–H and O–H groups in total. The van der Waals surface area contributed by atoms with Gasteiger partial charge in [-0.3, -0.25) is 0 Å². The number of rotatable bonds is 2. The summed E-state index contributed by atoms with van der Waals surface area (Å²) in [6.07, 6.45) is 0. The highest BCUT2D eigenvalue weighted by atomic mass is 31.3. The first kappa shape index (κ1) is 2.82. The highest BCUT2D eigenvalue weighted by Crippen LogP contribution is 1.89. The average Bonchev–Trinajstić information content (AvgIpc) is 1.41. The maximum absolute atomic E-state index is 6.17. The SMILES string of the molecule is [2H]O[SiH2]PC. The molecule has 0 spiro atoms. The maximum Gasteiger partial charge on any atom is 0.193 e. The lowest BCUT2D eigenvalue weighted by molar-refractivity contribution is 0.622. The molecule has 1 nitrogen and oxygen atoms in total. The molecular formula is CH7OPSi. The van der Waals surface area contributed by atoms with E-state index in [0.717, 1.165) is 8.13 Å². The maximum atomic E-state index is 6.17. The molecule has 1 unspecified atom stereocenters. The Morgan fingerprint density at radius 2 is 3.25 bits per heavy atom. The van der Waals surface area contributed by atoms with Gasteiger partial charge in [0, 0.05) is 0 Å². The van der Waals surface area contributed by atoms with E-state index in [1.54, 1.807) is 0 Å². The lowest BCUT2D eigenvalue weighted by Gasteiger charge is -1.68. The minimum atomic E-state index is -0.373. The van der Waals surface area contributed by atoms with Gasteiger partial charge in [0.1, 0.15) is 0 Å². The van der Waals surface area contributed by atoms with Crippen molar-refractivity contribution in [3.8, 4) is 0 Å². The molecular weight excluding hydrogens is 87.1 g/mol. The molecule has 4 heavy (non-hydrogen) atoms. The van der Waals surface area contributed by atoms with Gasteiger partial charge in [0.25, 0.3) is 0 Å². The molecule has 0 aliphatic heterocycles. The average molecular weight is 95.1 g/mol. The molecule has 0 saturated heterocycles. The van der Waals surface area contributed by atoms with Crippen LogP contribution in [-0.2, 0) is 0 Å². The van der Waals surface area contributed by atoms with E-state index in [9.17, 15) is 0 Å². The monoisotopic (exact) mass is 95.0 g/mol. The topological polar surface area (TPSA) is 20.2 Å². The summed E-state index contributed by atoms with van der Waals surface area (Å²) in [7, 11) is 0.514. The molecule has 3 heteroatoms. The van der Waals surface area contributed by atoms with E-state index < -0.39 is 0 Å². The van der Waals surface area contributed by atoms with Gasteiger partial charge in [0.15, 0.2) is 10.9 Å². The Bertz CT molecular complexity index is 19.1. The molecule has 1 atom stereocenters. The Balaban J connectivity index is 2.19. The minimum Gasteiger partial charge on any atom is -0.434 e. The number of hydrogen-bond acceptors (Lipinski definition) is 1. The largest absolute Gasteiger partial charge is 0.434 e. The second-order valence-electron chi connectivity index (χ2n) is 0.498. The Hall–Kier alpha value is 0.607. The van der Waals surface area contributed by atoms with Crippen LogP contribution in [0.15, 0.2) is 0 Å². The van der Waals surface area contributed by atoms with Crippen LogP contribution in [0, 0.1) is 0 Å². The summed E-state index contributed by atoms with van der Waals surface area (Å²) in [5.41, 5.74) is 0. The molecule has 26 valence electrons. The van der Waals surface area contributed by atoms with Crippen molar-refractivity contribution in [3.05, 3.63) is 0 Å². The van der Waals surface area contributed by atoms with Crippen LogP contribution in [0.2, 0.25) is 0 Å². The summed E-state index contributed by atoms with van der Waals surface area (Å²) >= 11 is 0. The summed E-state index contributed by atoms with van der Waals surface area (Å²) in [6, 6.07) is 0. The highest BCUT2D eigenvalue weighted by Gasteiger charge is 1.59. The first-order valence-corrected chi connectivity index (χ1v) is 5.55. The first-order valence-electron chi connectivity index (χ1n) is 1.55. The van der Waals surface area contributed by atoms with Gasteiger partial charge in [0.2, 0.25) is 0 Å². The van der Waals surface area contributed by atoms with Gasteiger partial charge in [-0.25, -0.2) is 0 Å². The van der Waals surface area contributed by atoms with Crippen LogP contribution in [0.4, 0.5) is 0 Å². The van der Waals surface area contributed by atoms with Gasteiger partial charge in [-0.2, -0.15) is 0 Å². The quantitative estimate of drug-likeness (QED) is 0.354. The Morgan fingerprint density at radius 3 is 3.25 bits per heavy atom. The van der Waals surface area contributed by atoms with Crippen molar-refractivity contribution < 1.29 is 4.80 Å².